The predicted octanol–water partition coefficient (Wildman–Crippen LogP) is 0.302. The number of nitrogens with one attached hydrogen (secondary N) is 1. The second kappa shape index (κ2) is 9.11. The number of aliphatic hydroxyl groups excluding tert-OH is 2. The number of nitrogens with zero attached hydrogens (tertiary/aromatic N) is 2. The topological polar surface area (TPSA) is 108 Å². The maximum atomic E-state index is 10.7. The molecule has 1 rings (SSSR count). The molecule has 0 fully saturated rings. The number of benzene rings is 1. The van der Waals surface area contributed by atoms with E-state index in [2.05, 4.69) is 5.32 Å². The molecule has 1 aromatic rings. The van der Waals surface area contributed by atoms with Gasteiger partial charge < -0.3 is 20.3 Å². The van der Waals surface area contributed by atoms with Crippen LogP contribution in [0.4, 0.5) is 11.4 Å². The Morgan fingerprint density at radius 3 is 2.48 bits per heavy atom. The molecular weight excluding hydrogens is 278 g/mol. The first-order chi connectivity index (χ1) is 10.1. The van der Waals surface area contributed by atoms with Gasteiger partial charge in [-0.25, -0.2) is 0 Å². The Bertz CT molecular complexity index is 449. The fraction of sp³-hybridized carbons (Fsp3) is 0.538. The Morgan fingerprint density at radius 1 is 1.29 bits per heavy atom. The quantitative estimate of drug-likeness (QED) is 0.421. The lowest BCUT2D eigenvalue weighted by Gasteiger charge is -2.20. The second-order valence-electron chi connectivity index (χ2n) is 4.36. The van der Waals surface area contributed by atoms with Crippen molar-refractivity contribution < 1.29 is 19.9 Å². The van der Waals surface area contributed by atoms with Crippen LogP contribution in [0.1, 0.15) is 0 Å². The zero-order chi connectivity index (χ0) is 15.7. The number of rotatable bonds is 10. The molecule has 0 aliphatic heterocycles. The van der Waals surface area contributed by atoms with Crippen LogP contribution in [-0.4, -0.2) is 66.5 Å². The summed E-state index contributed by atoms with van der Waals surface area (Å²) in [5.41, 5.74) is 0.635. The Morgan fingerprint density at radius 2 is 1.95 bits per heavy atom. The number of hydrogen-bond donors (Lipinski definition) is 3. The summed E-state index contributed by atoms with van der Waals surface area (Å²) < 4.78 is 5.13. The summed E-state index contributed by atoms with van der Waals surface area (Å²) in [5, 5.41) is 31.7. The molecule has 118 valence electrons. The molecule has 0 saturated carbocycles. The fourth-order valence-electron chi connectivity index (χ4n) is 1.91. The Labute approximate surface area is 123 Å². The molecule has 0 aliphatic rings. The van der Waals surface area contributed by atoms with Crippen molar-refractivity contribution in [1.29, 1.82) is 0 Å². The number of hydrogen-bond acceptors (Lipinski definition) is 7. The molecule has 0 heterocycles. The van der Waals surface area contributed by atoms with E-state index in [0.717, 1.165) is 0 Å². The molecular formula is C13H21N3O5. The minimum Gasteiger partial charge on any atom is -0.494 e. The van der Waals surface area contributed by atoms with Gasteiger partial charge >= 0.3 is 0 Å². The minimum atomic E-state index is -0.476. The van der Waals surface area contributed by atoms with E-state index in [-0.39, 0.29) is 18.9 Å². The molecule has 0 atom stereocenters. The Hall–Kier alpha value is -1.90. The monoisotopic (exact) mass is 299 g/mol. The van der Waals surface area contributed by atoms with E-state index in [9.17, 15) is 10.1 Å². The van der Waals surface area contributed by atoms with Crippen molar-refractivity contribution in [3.8, 4) is 5.75 Å². The average molecular weight is 299 g/mol. The lowest BCUT2D eigenvalue weighted by molar-refractivity contribution is -0.384. The summed E-state index contributed by atoms with van der Waals surface area (Å²) in [6.07, 6.45) is 0. The molecule has 0 unspecified atom stereocenters. The fourth-order valence-corrected chi connectivity index (χ4v) is 1.91. The molecule has 3 N–H and O–H groups in total. The van der Waals surface area contributed by atoms with Gasteiger partial charge in [-0.3, -0.25) is 15.0 Å². The van der Waals surface area contributed by atoms with Gasteiger partial charge in [-0.05, 0) is 6.07 Å². The minimum absolute atomic E-state index is 0.0282. The third-order valence-corrected chi connectivity index (χ3v) is 2.97. The highest BCUT2D eigenvalue weighted by Gasteiger charge is 2.11. The molecule has 0 radical (unpaired) electrons. The zero-order valence-corrected chi connectivity index (χ0v) is 12.0. The van der Waals surface area contributed by atoms with Gasteiger partial charge in [0.2, 0.25) is 0 Å². The summed E-state index contributed by atoms with van der Waals surface area (Å²) in [4.78, 5) is 12.1. The smallest absolute Gasteiger partial charge is 0.273 e. The van der Waals surface area contributed by atoms with Crippen LogP contribution in [0.15, 0.2) is 18.2 Å². The number of anilines is 1. The summed E-state index contributed by atoms with van der Waals surface area (Å²) in [6.45, 7) is 2.22. The van der Waals surface area contributed by atoms with E-state index < -0.39 is 4.92 Å². The second-order valence-corrected chi connectivity index (χ2v) is 4.36. The van der Waals surface area contributed by atoms with E-state index in [0.29, 0.717) is 37.6 Å². The summed E-state index contributed by atoms with van der Waals surface area (Å²) >= 11 is 0. The summed E-state index contributed by atoms with van der Waals surface area (Å²) in [6, 6.07) is 4.37. The van der Waals surface area contributed by atoms with Crippen LogP contribution >= 0.6 is 0 Å². The normalized spacial score (nSPS) is 10.7. The van der Waals surface area contributed by atoms with Crippen LogP contribution in [0.25, 0.3) is 0 Å². The lowest BCUT2D eigenvalue weighted by atomic mass is 10.2. The molecule has 8 nitrogen and oxygen atoms in total. The first-order valence-corrected chi connectivity index (χ1v) is 6.62. The van der Waals surface area contributed by atoms with Gasteiger partial charge in [-0.2, -0.15) is 0 Å². The van der Waals surface area contributed by atoms with Gasteiger partial charge in [-0.15, -0.1) is 0 Å². The van der Waals surface area contributed by atoms with Crippen molar-refractivity contribution in [2.45, 2.75) is 0 Å². The Balaban J connectivity index is 2.60. The third kappa shape index (κ3) is 5.54. The van der Waals surface area contributed by atoms with Crippen LogP contribution in [0, 0.1) is 10.1 Å². The molecule has 0 aliphatic carbocycles. The van der Waals surface area contributed by atoms with Crippen molar-refractivity contribution in [3.63, 3.8) is 0 Å². The predicted molar refractivity (Wildman–Crippen MR) is 78.7 cm³/mol. The van der Waals surface area contributed by atoms with Crippen LogP contribution in [-0.2, 0) is 0 Å². The van der Waals surface area contributed by atoms with E-state index >= 15 is 0 Å². The lowest BCUT2D eigenvalue weighted by Crippen LogP contribution is -2.34. The van der Waals surface area contributed by atoms with Gasteiger partial charge in [0.25, 0.3) is 5.69 Å². The van der Waals surface area contributed by atoms with Crippen LogP contribution in [0.5, 0.6) is 5.75 Å². The molecule has 0 aromatic heterocycles. The number of ether oxygens (including phenoxy) is 1. The van der Waals surface area contributed by atoms with Crippen molar-refractivity contribution >= 4 is 11.4 Å². The molecule has 8 heteroatoms. The molecule has 21 heavy (non-hydrogen) atoms. The molecule has 0 spiro atoms. The largest absolute Gasteiger partial charge is 0.494 e. The van der Waals surface area contributed by atoms with E-state index in [4.69, 9.17) is 14.9 Å². The standard InChI is InChI=1S/C13H21N3O5/c1-21-13-10-11(16(19)20)2-3-12(13)14-4-5-15(6-8-17)7-9-18/h2-3,10,14,17-18H,4-9H2,1H3. The number of non-ortho nitro benzene ring substituents is 1. The number of aliphatic hydroxyl groups is 2. The summed E-state index contributed by atoms with van der Waals surface area (Å²) in [7, 11) is 1.45. The van der Waals surface area contributed by atoms with Crippen LogP contribution in [0.2, 0.25) is 0 Å². The molecule has 0 bridgehead atoms. The van der Waals surface area contributed by atoms with Crippen LogP contribution < -0.4 is 10.1 Å². The van der Waals surface area contributed by atoms with Gasteiger partial charge in [0.05, 0.1) is 37.0 Å². The van der Waals surface area contributed by atoms with Gasteiger partial charge in [-0.1, -0.05) is 0 Å². The van der Waals surface area contributed by atoms with Crippen molar-refractivity contribution in [2.24, 2.45) is 0 Å². The van der Waals surface area contributed by atoms with E-state index in [1.54, 1.807) is 6.07 Å². The van der Waals surface area contributed by atoms with Gasteiger partial charge in [0.15, 0.2) is 0 Å². The summed E-state index contributed by atoms with van der Waals surface area (Å²) in [5.74, 6) is 0.403. The van der Waals surface area contributed by atoms with Crippen LogP contribution in [0.3, 0.4) is 0 Å². The van der Waals surface area contributed by atoms with Crippen molar-refractivity contribution in [3.05, 3.63) is 28.3 Å². The number of nitro groups is 1. The SMILES string of the molecule is COc1cc([N+](=O)[O-])ccc1NCCN(CCO)CCO. The highest BCUT2D eigenvalue weighted by Crippen LogP contribution is 2.28. The van der Waals surface area contributed by atoms with Crippen molar-refractivity contribution in [2.75, 3.05) is 51.8 Å². The molecule has 0 amide bonds. The van der Waals surface area contributed by atoms with Gasteiger partial charge in [0, 0.05) is 32.2 Å². The van der Waals surface area contributed by atoms with E-state index in [1.807, 2.05) is 4.90 Å². The maximum Gasteiger partial charge on any atom is 0.273 e. The van der Waals surface area contributed by atoms with Gasteiger partial charge in [0.1, 0.15) is 5.75 Å². The third-order valence-electron chi connectivity index (χ3n) is 2.97. The molecule has 0 saturated heterocycles. The van der Waals surface area contributed by atoms with Crippen molar-refractivity contribution in [1.82, 2.24) is 4.90 Å². The highest BCUT2D eigenvalue weighted by atomic mass is 16.6. The first-order valence-electron chi connectivity index (χ1n) is 6.62. The number of nitro benzene ring substituents is 1. The molecule has 1 aromatic carbocycles. The first kappa shape index (κ1) is 17.2. The average Bonchev–Trinajstić information content (AvgIpc) is 2.47. The number of methoxy groups -OCH3 is 1. The Kier molecular flexibility index (Phi) is 7.44. The maximum absolute atomic E-state index is 10.7. The highest BCUT2D eigenvalue weighted by molar-refractivity contribution is 5.60. The zero-order valence-electron chi connectivity index (χ0n) is 12.0. The van der Waals surface area contributed by atoms with E-state index in [1.165, 1.54) is 19.2 Å².